The molecule has 158 valence electrons. The van der Waals surface area contributed by atoms with E-state index in [4.69, 9.17) is 16.3 Å². The second kappa shape index (κ2) is 8.21. The molecule has 2 aromatic heterocycles. The van der Waals surface area contributed by atoms with Gasteiger partial charge in [-0.25, -0.2) is 23.4 Å². The number of piperazine rings is 1. The molecular formula is C19H21ClN6O3S. The summed E-state index contributed by atoms with van der Waals surface area (Å²) in [6.45, 7) is 3.62. The number of imidazole rings is 1. The van der Waals surface area contributed by atoms with E-state index < -0.39 is 10.0 Å². The smallest absolute Gasteiger partial charge is 0.243 e. The van der Waals surface area contributed by atoms with Crippen LogP contribution < -0.4 is 9.64 Å². The van der Waals surface area contributed by atoms with Crippen LogP contribution in [0.1, 0.15) is 5.82 Å². The average Bonchev–Trinajstić information content (AvgIpc) is 3.19. The number of methoxy groups -OCH3 is 1. The molecular weight excluding hydrogens is 428 g/mol. The predicted octanol–water partition coefficient (Wildman–Crippen LogP) is 2.14. The van der Waals surface area contributed by atoms with Gasteiger partial charge in [0.2, 0.25) is 10.0 Å². The van der Waals surface area contributed by atoms with Gasteiger partial charge in [-0.15, -0.1) is 0 Å². The van der Waals surface area contributed by atoms with E-state index in [1.54, 1.807) is 12.3 Å². The number of sulfonamides is 1. The fraction of sp³-hybridized carbons (Fsp3) is 0.316. The second-order valence-electron chi connectivity index (χ2n) is 6.77. The van der Waals surface area contributed by atoms with Crippen LogP contribution in [0, 0.1) is 6.92 Å². The summed E-state index contributed by atoms with van der Waals surface area (Å²) in [6, 6.07) is 6.37. The average molecular weight is 449 g/mol. The summed E-state index contributed by atoms with van der Waals surface area (Å²) in [5, 5.41) is 0.264. The van der Waals surface area contributed by atoms with Gasteiger partial charge in [-0.2, -0.15) is 4.31 Å². The third-order valence-electron chi connectivity index (χ3n) is 5.03. The number of ether oxygens (including phenoxy) is 1. The highest BCUT2D eigenvalue weighted by atomic mass is 35.5. The van der Waals surface area contributed by atoms with E-state index in [-0.39, 0.29) is 9.92 Å². The van der Waals surface area contributed by atoms with Crippen LogP contribution in [0.25, 0.3) is 5.82 Å². The molecule has 1 aliphatic heterocycles. The minimum atomic E-state index is -3.64. The molecule has 9 nitrogen and oxygen atoms in total. The van der Waals surface area contributed by atoms with Gasteiger partial charge in [-0.3, -0.25) is 4.57 Å². The van der Waals surface area contributed by atoms with E-state index in [1.807, 2.05) is 28.7 Å². The fourth-order valence-corrected chi connectivity index (χ4v) is 5.15. The summed E-state index contributed by atoms with van der Waals surface area (Å²) < 4.78 is 34.4. The largest absolute Gasteiger partial charge is 0.495 e. The van der Waals surface area contributed by atoms with E-state index in [9.17, 15) is 8.42 Å². The normalized spacial score (nSPS) is 15.4. The van der Waals surface area contributed by atoms with E-state index in [2.05, 4.69) is 15.0 Å². The number of aryl methyl sites for hydroxylation is 1. The van der Waals surface area contributed by atoms with E-state index in [1.165, 1.54) is 29.9 Å². The number of benzene rings is 1. The summed E-state index contributed by atoms with van der Waals surface area (Å²) in [5.74, 6) is 2.73. The molecule has 0 amide bonds. The lowest BCUT2D eigenvalue weighted by Gasteiger charge is -2.34. The van der Waals surface area contributed by atoms with Gasteiger partial charge < -0.3 is 9.64 Å². The minimum absolute atomic E-state index is 0.154. The van der Waals surface area contributed by atoms with Crippen LogP contribution in [0.2, 0.25) is 5.02 Å². The molecule has 1 aromatic carbocycles. The summed E-state index contributed by atoms with van der Waals surface area (Å²) in [4.78, 5) is 15.1. The Hall–Kier alpha value is -2.69. The maximum Gasteiger partial charge on any atom is 0.243 e. The Labute approximate surface area is 180 Å². The number of rotatable bonds is 5. The zero-order valence-corrected chi connectivity index (χ0v) is 18.1. The van der Waals surface area contributed by atoms with Crippen molar-refractivity contribution in [2.45, 2.75) is 11.8 Å². The van der Waals surface area contributed by atoms with Gasteiger partial charge in [0.1, 0.15) is 29.5 Å². The van der Waals surface area contributed by atoms with Gasteiger partial charge in [0.05, 0.1) is 17.0 Å². The Bertz CT molecular complexity index is 1160. The standard InChI is InChI=1S/C19H21ClN6O3S/c1-14-21-5-6-26(14)19-12-18(22-13-23-19)24-7-9-25(10-8-24)30(27,28)15-3-4-17(29-2)16(20)11-15/h3-6,11-13H,7-10H2,1-2H3. The second-order valence-corrected chi connectivity index (χ2v) is 9.11. The Balaban J connectivity index is 1.49. The highest BCUT2D eigenvalue weighted by molar-refractivity contribution is 7.89. The molecule has 0 radical (unpaired) electrons. The maximum atomic E-state index is 13.0. The van der Waals surface area contributed by atoms with E-state index >= 15 is 0 Å². The SMILES string of the molecule is COc1ccc(S(=O)(=O)N2CCN(c3cc(-n4ccnc4C)ncn3)CC2)cc1Cl. The quantitative estimate of drug-likeness (QED) is 0.590. The Kier molecular flexibility index (Phi) is 5.63. The van der Waals surface area contributed by atoms with Crippen molar-refractivity contribution < 1.29 is 13.2 Å². The van der Waals surface area contributed by atoms with Gasteiger partial charge in [0, 0.05) is 44.6 Å². The first kappa shape index (κ1) is 20.6. The maximum absolute atomic E-state index is 13.0. The van der Waals surface area contributed by atoms with Crippen molar-refractivity contribution in [2.24, 2.45) is 0 Å². The lowest BCUT2D eigenvalue weighted by Crippen LogP contribution is -2.49. The lowest BCUT2D eigenvalue weighted by atomic mass is 10.3. The van der Waals surface area contributed by atoms with Crippen LogP contribution in [0.5, 0.6) is 5.75 Å². The summed E-state index contributed by atoms with van der Waals surface area (Å²) in [7, 11) is -2.16. The first-order valence-electron chi connectivity index (χ1n) is 9.31. The summed E-state index contributed by atoms with van der Waals surface area (Å²) >= 11 is 6.11. The number of anilines is 1. The molecule has 4 rings (SSSR count). The molecule has 0 unspecified atom stereocenters. The molecule has 3 heterocycles. The van der Waals surface area contributed by atoms with Crippen LogP contribution in [-0.4, -0.2) is 65.5 Å². The van der Waals surface area contributed by atoms with Gasteiger partial charge in [0.25, 0.3) is 0 Å². The van der Waals surface area contributed by atoms with E-state index in [0.717, 1.165) is 17.5 Å². The fourth-order valence-electron chi connectivity index (χ4n) is 3.38. The molecule has 11 heteroatoms. The molecule has 0 bridgehead atoms. The third-order valence-corrected chi connectivity index (χ3v) is 7.22. The molecule has 1 saturated heterocycles. The Morgan fingerprint density at radius 1 is 1.03 bits per heavy atom. The monoisotopic (exact) mass is 448 g/mol. The first-order valence-corrected chi connectivity index (χ1v) is 11.1. The number of hydrogen-bond acceptors (Lipinski definition) is 7. The molecule has 1 aliphatic rings. The van der Waals surface area contributed by atoms with Crippen molar-refractivity contribution in [1.29, 1.82) is 0 Å². The number of halogens is 1. The van der Waals surface area contributed by atoms with Crippen molar-refractivity contribution >= 4 is 27.4 Å². The molecule has 0 aliphatic carbocycles. The molecule has 0 spiro atoms. The third kappa shape index (κ3) is 3.85. The van der Waals surface area contributed by atoms with Crippen molar-refractivity contribution in [3.8, 4) is 11.6 Å². The highest BCUT2D eigenvalue weighted by Crippen LogP contribution is 2.29. The van der Waals surface area contributed by atoms with Crippen molar-refractivity contribution in [1.82, 2.24) is 23.8 Å². The van der Waals surface area contributed by atoms with Crippen molar-refractivity contribution in [3.63, 3.8) is 0 Å². The van der Waals surface area contributed by atoms with Gasteiger partial charge >= 0.3 is 0 Å². The lowest BCUT2D eigenvalue weighted by molar-refractivity contribution is 0.383. The van der Waals surface area contributed by atoms with Gasteiger partial charge in [-0.1, -0.05) is 11.6 Å². The van der Waals surface area contributed by atoms with Crippen LogP contribution in [0.4, 0.5) is 5.82 Å². The minimum Gasteiger partial charge on any atom is -0.495 e. The summed E-state index contributed by atoms with van der Waals surface area (Å²) in [6.07, 6.45) is 5.06. The Morgan fingerprint density at radius 3 is 2.40 bits per heavy atom. The molecule has 1 fully saturated rings. The highest BCUT2D eigenvalue weighted by Gasteiger charge is 2.29. The number of hydrogen-bond donors (Lipinski definition) is 0. The zero-order chi connectivity index (χ0) is 21.3. The number of aromatic nitrogens is 4. The van der Waals surface area contributed by atoms with Crippen molar-refractivity contribution in [2.75, 3.05) is 38.2 Å². The molecule has 0 saturated carbocycles. The molecule has 3 aromatic rings. The van der Waals surface area contributed by atoms with E-state index in [0.29, 0.717) is 31.9 Å². The topological polar surface area (TPSA) is 93.5 Å². The molecule has 30 heavy (non-hydrogen) atoms. The van der Waals surface area contributed by atoms with Gasteiger partial charge in [-0.05, 0) is 25.1 Å². The summed E-state index contributed by atoms with van der Waals surface area (Å²) in [5.41, 5.74) is 0. The van der Waals surface area contributed by atoms with Crippen LogP contribution in [0.3, 0.4) is 0 Å². The van der Waals surface area contributed by atoms with Gasteiger partial charge in [0.15, 0.2) is 0 Å². The zero-order valence-electron chi connectivity index (χ0n) is 16.6. The number of nitrogens with zero attached hydrogens (tertiary/aromatic N) is 6. The van der Waals surface area contributed by atoms with Crippen LogP contribution in [-0.2, 0) is 10.0 Å². The van der Waals surface area contributed by atoms with Crippen molar-refractivity contribution in [3.05, 3.63) is 53.8 Å². The van der Waals surface area contributed by atoms with Crippen LogP contribution >= 0.6 is 11.6 Å². The van der Waals surface area contributed by atoms with Crippen LogP contribution in [0.15, 0.2) is 47.9 Å². The Morgan fingerprint density at radius 2 is 1.77 bits per heavy atom. The predicted molar refractivity (Wildman–Crippen MR) is 113 cm³/mol. The molecule has 0 N–H and O–H groups in total. The molecule has 0 atom stereocenters. The first-order chi connectivity index (χ1) is 14.4.